The van der Waals surface area contributed by atoms with Crippen molar-refractivity contribution in [2.24, 2.45) is 0 Å². The molecule has 0 spiro atoms. The van der Waals surface area contributed by atoms with Gasteiger partial charge >= 0.3 is 17.9 Å². The van der Waals surface area contributed by atoms with Crippen molar-refractivity contribution in [2.75, 3.05) is 5.75 Å². The number of aliphatic carboxylic acids is 3. The van der Waals surface area contributed by atoms with Gasteiger partial charge in [0.05, 0.1) is 12.2 Å². The fourth-order valence-electron chi connectivity index (χ4n) is 0.698. The summed E-state index contributed by atoms with van der Waals surface area (Å²) in [7, 11) is 0. The molecule has 0 rings (SSSR count). The molecule has 0 saturated heterocycles. The van der Waals surface area contributed by atoms with Gasteiger partial charge in [-0.15, -0.1) is 11.8 Å². The largest absolute Gasteiger partial charge is 0.481 e. The van der Waals surface area contributed by atoms with Crippen molar-refractivity contribution in [3.05, 3.63) is 0 Å². The summed E-state index contributed by atoms with van der Waals surface area (Å²) in [5.41, 5.74) is 0. The van der Waals surface area contributed by atoms with Gasteiger partial charge in [-0.25, -0.2) is 0 Å². The summed E-state index contributed by atoms with van der Waals surface area (Å²) in [5, 5.41) is 25.5. The molecule has 0 aromatic rings. The van der Waals surface area contributed by atoms with Gasteiger partial charge in [-0.3, -0.25) is 14.4 Å². The third-order valence-corrected chi connectivity index (χ3v) is 2.80. The number of rotatable bonds is 6. The predicted octanol–water partition coefficient (Wildman–Crippen LogP) is 0.122. The number of hydrogen-bond donors (Lipinski definition) is 3. The van der Waals surface area contributed by atoms with Gasteiger partial charge in [0.25, 0.3) is 0 Å². The van der Waals surface area contributed by atoms with Crippen molar-refractivity contribution in [3.8, 4) is 0 Å². The van der Waals surface area contributed by atoms with E-state index in [-0.39, 0.29) is 0 Å². The third-order valence-electron chi connectivity index (χ3n) is 1.46. The van der Waals surface area contributed by atoms with E-state index in [0.717, 1.165) is 0 Å². The molecule has 0 aliphatic carbocycles. The highest BCUT2D eigenvalue weighted by molar-refractivity contribution is 8.02. The van der Waals surface area contributed by atoms with Gasteiger partial charge in [0.15, 0.2) is 0 Å². The van der Waals surface area contributed by atoms with Crippen LogP contribution in [0, 0.1) is 0 Å². The quantitative estimate of drug-likeness (QED) is 0.585. The molecule has 6 nitrogen and oxygen atoms in total. The monoisotopic (exact) mass is 222 g/mol. The lowest BCUT2D eigenvalue weighted by molar-refractivity contribution is -0.145. The Morgan fingerprint density at radius 1 is 1.14 bits per heavy atom. The van der Waals surface area contributed by atoms with Crippen LogP contribution in [0.15, 0.2) is 0 Å². The van der Waals surface area contributed by atoms with Crippen LogP contribution in [0.4, 0.5) is 0 Å². The molecule has 80 valence electrons. The summed E-state index contributed by atoms with van der Waals surface area (Å²) >= 11 is 0.588. The van der Waals surface area contributed by atoms with E-state index < -0.39 is 34.8 Å². The second-order valence-electron chi connectivity index (χ2n) is 2.79. The minimum atomic E-state index is -1.59. The van der Waals surface area contributed by atoms with Crippen molar-refractivity contribution in [1.82, 2.24) is 0 Å². The first kappa shape index (κ1) is 12.8. The van der Waals surface area contributed by atoms with Gasteiger partial charge in [-0.05, 0) is 6.92 Å². The van der Waals surface area contributed by atoms with Crippen LogP contribution in [-0.2, 0) is 14.4 Å². The van der Waals surface area contributed by atoms with Crippen molar-refractivity contribution < 1.29 is 29.7 Å². The minimum absolute atomic E-state index is 0.434. The Balaban J connectivity index is 4.47. The van der Waals surface area contributed by atoms with Crippen LogP contribution in [-0.4, -0.2) is 43.7 Å². The molecule has 0 radical (unpaired) electrons. The molecule has 0 bridgehead atoms. The van der Waals surface area contributed by atoms with E-state index in [1.807, 2.05) is 0 Å². The average Bonchev–Trinajstić information content (AvgIpc) is 1.99. The lowest BCUT2D eigenvalue weighted by Gasteiger charge is -2.20. The lowest BCUT2D eigenvalue weighted by atomic mass is 10.1. The molecule has 0 saturated carbocycles. The summed E-state index contributed by atoms with van der Waals surface area (Å²) in [6.07, 6.45) is -0.611. The van der Waals surface area contributed by atoms with Gasteiger partial charge in [-0.1, -0.05) is 0 Å². The average molecular weight is 222 g/mol. The molecule has 1 unspecified atom stereocenters. The standard InChI is InChI=1S/C7H10O6S/c1-7(6(12)13,2-4(8)9)14-3-5(10)11/h2-3H2,1H3,(H,8,9)(H,10,11)(H,12,13). The van der Waals surface area contributed by atoms with Gasteiger partial charge < -0.3 is 15.3 Å². The number of carboxylic acids is 3. The van der Waals surface area contributed by atoms with Crippen molar-refractivity contribution in [1.29, 1.82) is 0 Å². The molecular formula is C7H10O6S. The molecule has 14 heavy (non-hydrogen) atoms. The van der Waals surface area contributed by atoms with Gasteiger partial charge in [0.1, 0.15) is 4.75 Å². The molecule has 0 aromatic carbocycles. The fraction of sp³-hybridized carbons (Fsp3) is 0.571. The molecule has 0 aliphatic heterocycles. The topological polar surface area (TPSA) is 112 Å². The SMILES string of the molecule is CC(CC(=O)O)(SCC(=O)O)C(=O)O. The zero-order valence-corrected chi connectivity index (χ0v) is 8.21. The van der Waals surface area contributed by atoms with Crippen LogP contribution in [0.2, 0.25) is 0 Å². The smallest absolute Gasteiger partial charge is 0.320 e. The summed E-state index contributed by atoms with van der Waals surface area (Å²) in [5.74, 6) is -4.21. The maximum atomic E-state index is 10.7. The van der Waals surface area contributed by atoms with Gasteiger partial charge in [0.2, 0.25) is 0 Å². The fourth-order valence-corrected chi connectivity index (χ4v) is 1.49. The van der Waals surface area contributed by atoms with E-state index in [0.29, 0.717) is 11.8 Å². The zero-order valence-electron chi connectivity index (χ0n) is 7.39. The molecule has 1 atom stereocenters. The highest BCUT2D eigenvalue weighted by Gasteiger charge is 2.36. The van der Waals surface area contributed by atoms with Crippen LogP contribution < -0.4 is 0 Å². The minimum Gasteiger partial charge on any atom is -0.481 e. The number of hydrogen-bond acceptors (Lipinski definition) is 4. The molecule has 0 heterocycles. The Morgan fingerprint density at radius 3 is 1.93 bits per heavy atom. The Bertz CT molecular complexity index is 263. The third kappa shape index (κ3) is 4.13. The first-order valence-electron chi connectivity index (χ1n) is 3.59. The normalized spacial score (nSPS) is 14.4. The van der Waals surface area contributed by atoms with E-state index in [2.05, 4.69) is 0 Å². The number of carbonyl (C=O) groups is 3. The Kier molecular flexibility index (Phi) is 4.42. The molecule has 0 aromatic heterocycles. The summed E-state index contributed by atoms with van der Waals surface area (Å²) in [4.78, 5) is 31.2. The van der Waals surface area contributed by atoms with Crippen LogP contribution in [0.3, 0.4) is 0 Å². The van der Waals surface area contributed by atoms with Crippen LogP contribution in [0.5, 0.6) is 0 Å². The highest BCUT2D eigenvalue weighted by Crippen LogP contribution is 2.28. The van der Waals surface area contributed by atoms with E-state index >= 15 is 0 Å². The molecule has 0 aliphatic rings. The Labute approximate surface area is 83.9 Å². The molecule has 3 N–H and O–H groups in total. The second-order valence-corrected chi connectivity index (χ2v) is 4.27. The summed E-state index contributed by atoms with van der Waals surface area (Å²) in [6.45, 7) is 1.19. The number of thioether (sulfide) groups is 1. The molecule has 0 fully saturated rings. The maximum absolute atomic E-state index is 10.7. The van der Waals surface area contributed by atoms with Crippen LogP contribution in [0.1, 0.15) is 13.3 Å². The van der Waals surface area contributed by atoms with E-state index in [1.165, 1.54) is 6.92 Å². The van der Waals surface area contributed by atoms with E-state index in [1.54, 1.807) is 0 Å². The van der Waals surface area contributed by atoms with Gasteiger partial charge in [0, 0.05) is 0 Å². The lowest BCUT2D eigenvalue weighted by Crippen LogP contribution is -2.35. The van der Waals surface area contributed by atoms with E-state index in [9.17, 15) is 14.4 Å². The molecule has 7 heteroatoms. The maximum Gasteiger partial charge on any atom is 0.320 e. The Hall–Kier alpha value is -1.24. The van der Waals surface area contributed by atoms with Crippen LogP contribution in [0.25, 0.3) is 0 Å². The van der Waals surface area contributed by atoms with Crippen molar-refractivity contribution in [3.63, 3.8) is 0 Å². The summed E-state index contributed by atoms with van der Waals surface area (Å²) in [6, 6.07) is 0. The van der Waals surface area contributed by atoms with Crippen molar-refractivity contribution in [2.45, 2.75) is 18.1 Å². The first-order chi connectivity index (χ1) is 6.28. The molecular weight excluding hydrogens is 212 g/mol. The zero-order chi connectivity index (χ0) is 11.4. The van der Waals surface area contributed by atoms with Crippen LogP contribution >= 0.6 is 11.8 Å². The highest BCUT2D eigenvalue weighted by atomic mass is 32.2. The van der Waals surface area contributed by atoms with Crippen molar-refractivity contribution >= 4 is 29.7 Å². The molecule has 0 amide bonds. The second kappa shape index (κ2) is 4.85. The Morgan fingerprint density at radius 2 is 1.64 bits per heavy atom. The summed E-state index contributed by atoms with van der Waals surface area (Å²) < 4.78 is -1.59. The van der Waals surface area contributed by atoms with Gasteiger partial charge in [-0.2, -0.15) is 0 Å². The predicted molar refractivity (Wildman–Crippen MR) is 48.4 cm³/mol. The number of carboxylic acid groups (broad SMARTS) is 3. The first-order valence-corrected chi connectivity index (χ1v) is 4.57. The van der Waals surface area contributed by atoms with E-state index in [4.69, 9.17) is 15.3 Å².